The van der Waals surface area contributed by atoms with Crippen molar-refractivity contribution in [3.8, 4) is 0 Å². The summed E-state index contributed by atoms with van der Waals surface area (Å²) in [6.45, 7) is -0.136. The largest absolute Gasteiger partial charge is 0.361 e. The Morgan fingerprint density at radius 3 is 2.56 bits per heavy atom. The standard InChI is InChI=1S/C18H22N4O3/c23-16(9-13-10-19-15-8-4-3-7-14(13)15)21-22-17(24)11-20-18(25)12-5-1-2-6-12/h3-4,7-8,10,12,19H,1-2,5-6,9,11H2,(H,20,25)(H,21,23)(H,22,24). The lowest BCUT2D eigenvalue weighted by Crippen LogP contribution is -2.47. The van der Waals surface area contributed by atoms with Gasteiger partial charge in [-0.2, -0.15) is 0 Å². The highest BCUT2D eigenvalue weighted by atomic mass is 16.2. The fourth-order valence-corrected chi connectivity index (χ4v) is 3.18. The van der Waals surface area contributed by atoms with E-state index in [0.717, 1.165) is 42.1 Å². The molecule has 0 aliphatic heterocycles. The van der Waals surface area contributed by atoms with Crippen LogP contribution >= 0.6 is 0 Å². The number of H-pyrrole nitrogens is 1. The average Bonchev–Trinajstić information content (AvgIpc) is 3.28. The summed E-state index contributed by atoms with van der Waals surface area (Å²) in [5.41, 5.74) is 6.52. The number of hydrogen-bond donors (Lipinski definition) is 4. The molecule has 0 unspecified atom stereocenters. The van der Waals surface area contributed by atoms with E-state index in [-0.39, 0.29) is 30.7 Å². The maximum absolute atomic E-state index is 12.0. The van der Waals surface area contributed by atoms with E-state index < -0.39 is 5.91 Å². The Morgan fingerprint density at radius 1 is 1.04 bits per heavy atom. The molecule has 0 bridgehead atoms. The van der Waals surface area contributed by atoms with Gasteiger partial charge in [0, 0.05) is 23.0 Å². The van der Waals surface area contributed by atoms with Gasteiger partial charge in [0.15, 0.2) is 0 Å². The third-order valence-corrected chi connectivity index (χ3v) is 4.52. The monoisotopic (exact) mass is 342 g/mol. The summed E-state index contributed by atoms with van der Waals surface area (Å²) in [4.78, 5) is 38.7. The molecule has 3 amide bonds. The number of amides is 3. The highest BCUT2D eigenvalue weighted by Gasteiger charge is 2.22. The fraction of sp³-hybridized carbons (Fsp3) is 0.389. The topological polar surface area (TPSA) is 103 Å². The van der Waals surface area contributed by atoms with Crippen molar-refractivity contribution in [3.05, 3.63) is 36.0 Å². The predicted octanol–water partition coefficient (Wildman–Crippen LogP) is 1.16. The van der Waals surface area contributed by atoms with Gasteiger partial charge in [0.25, 0.3) is 5.91 Å². The summed E-state index contributed by atoms with van der Waals surface area (Å²) in [5.74, 6) is -0.833. The molecule has 1 aliphatic carbocycles. The molecule has 4 N–H and O–H groups in total. The molecule has 0 saturated heterocycles. The molecule has 1 heterocycles. The van der Waals surface area contributed by atoms with Crippen LogP contribution in [0.2, 0.25) is 0 Å². The highest BCUT2D eigenvalue weighted by molar-refractivity contribution is 5.90. The van der Waals surface area contributed by atoms with Gasteiger partial charge in [-0.05, 0) is 24.5 Å². The lowest BCUT2D eigenvalue weighted by atomic mass is 10.1. The van der Waals surface area contributed by atoms with E-state index in [9.17, 15) is 14.4 Å². The van der Waals surface area contributed by atoms with Gasteiger partial charge in [-0.3, -0.25) is 25.2 Å². The minimum absolute atomic E-state index is 0.0178. The molecule has 1 aromatic heterocycles. The molecule has 1 aliphatic rings. The van der Waals surface area contributed by atoms with Crippen LogP contribution in [0.25, 0.3) is 10.9 Å². The summed E-state index contributed by atoms with van der Waals surface area (Å²) < 4.78 is 0. The molecule has 0 spiro atoms. The van der Waals surface area contributed by atoms with E-state index >= 15 is 0 Å². The van der Waals surface area contributed by atoms with Gasteiger partial charge in [0.05, 0.1) is 13.0 Å². The second-order valence-corrected chi connectivity index (χ2v) is 6.33. The zero-order valence-corrected chi connectivity index (χ0v) is 13.9. The number of hydrazine groups is 1. The van der Waals surface area contributed by atoms with Gasteiger partial charge in [0.1, 0.15) is 0 Å². The van der Waals surface area contributed by atoms with Crippen molar-refractivity contribution in [3.63, 3.8) is 0 Å². The van der Waals surface area contributed by atoms with Crippen molar-refractivity contribution < 1.29 is 14.4 Å². The number of carbonyl (C=O) groups excluding carboxylic acids is 3. The first-order chi connectivity index (χ1) is 12.1. The van der Waals surface area contributed by atoms with Gasteiger partial charge in [-0.15, -0.1) is 0 Å². The number of benzene rings is 1. The van der Waals surface area contributed by atoms with Crippen molar-refractivity contribution in [2.24, 2.45) is 5.92 Å². The summed E-state index contributed by atoms with van der Waals surface area (Å²) in [6, 6.07) is 7.70. The fourth-order valence-electron chi connectivity index (χ4n) is 3.18. The summed E-state index contributed by atoms with van der Waals surface area (Å²) in [5, 5.41) is 3.59. The maximum Gasteiger partial charge on any atom is 0.257 e. The lowest BCUT2D eigenvalue weighted by Gasteiger charge is -2.11. The van der Waals surface area contributed by atoms with Crippen molar-refractivity contribution in [2.75, 3.05) is 6.54 Å². The Hall–Kier alpha value is -2.83. The molecule has 3 rings (SSSR count). The van der Waals surface area contributed by atoms with Gasteiger partial charge in [-0.25, -0.2) is 0 Å². The molecule has 7 nitrogen and oxygen atoms in total. The molecule has 0 atom stereocenters. The number of carbonyl (C=O) groups is 3. The highest BCUT2D eigenvalue weighted by Crippen LogP contribution is 2.24. The van der Waals surface area contributed by atoms with E-state index in [1.807, 2.05) is 24.3 Å². The molecule has 7 heteroatoms. The maximum atomic E-state index is 12.0. The molecular formula is C18H22N4O3. The van der Waals surface area contributed by atoms with Crippen LogP contribution in [0.4, 0.5) is 0 Å². The zero-order chi connectivity index (χ0) is 17.6. The van der Waals surface area contributed by atoms with Crippen LogP contribution in [0.5, 0.6) is 0 Å². The Balaban J connectivity index is 1.41. The second kappa shape index (κ2) is 7.83. The smallest absolute Gasteiger partial charge is 0.257 e. The van der Waals surface area contributed by atoms with Crippen molar-refractivity contribution >= 4 is 28.6 Å². The first-order valence-corrected chi connectivity index (χ1v) is 8.54. The Kier molecular flexibility index (Phi) is 5.33. The lowest BCUT2D eigenvalue weighted by molar-refractivity contribution is -0.130. The number of nitrogens with one attached hydrogen (secondary N) is 4. The predicted molar refractivity (Wildman–Crippen MR) is 93.3 cm³/mol. The molecule has 0 radical (unpaired) electrons. The zero-order valence-electron chi connectivity index (χ0n) is 13.9. The van der Waals surface area contributed by atoms with Gasteiger partial charge < -0.3 is 10.3 Å². The second-order valence-electron chi connectivity index (χ2n) is 6.33. The molecule has 1 aromatic carbocycles. The van der Waals surface area contributed by atoms with Crippen molar-refractivity contribution in [1.82, 2.24) is 21.2 Å². The quantitative estimate of drug-likeness (QED) is 0.613. The molecule has 1 fully saturated rings. The first kappa shape index (κ1) is 17.0. The summed E-state index contributed by atoms with van der Waals surface area (Å²) in [7, 11) is 0. The van der Waals surface area contributed by atoms with Crippen LogP contribution < -0.4 is 16.2 Å². The molecule has 2 aromatic rings. The number of rotatable bonds is 5. The third kappa shape index (κ3) is 4.37. The SMILES string of the molecule is O=C(CNC(=O)C1CCCC1)NNC(=O)Cc1c[nH]c2ccccc12. The van der Waals surface area contributed by atoms with Gasteiger partial charge in [-0.1, -0.05) is 31.0 Å². The molecular weight excluding hydrogens is 320 g/mol. The van der Waals surface area contributed by atoms with Gasteiger partial charge >= 0.3 is 0 Å². The summed E-state index contributed by atoms with van der Waals surface area (Å²) >= 11 is 0. The number of fused-ring (bicyclic) bond motifs is 1. The number of para-hydroxylation sites is 1. The van der Waals surface area contributed by atoms with E-state index in [1.165, 1.54) is 0 Å². The van der Waals surface area contributed by atoms with Crippen LogP contribution in [0.15, 0.2) is 30.5 Å². The molecule has 1 saturated carbocycles. The first-order valence-electron chi connectivity index (χ1n) is 8.54. The minimum Gasteiger partial charge on any atom is -0.361 e. The normalized spacial score (nSPS) is 14.4. The van der Waals surface area contributed by atoms with Crippen LogP contribution in [0.3, 0.4) is 0 Å². The average molecular weight is 342 g/mol. The molecule has 132 valence electrons. The van der Waals surface area contributed by atoms with E-state index in [1.54, 1.807) is 6.20 Å². The van der Waals surface area contributed by atoms with Crippen LogP contribution in [-0.2, 0) is 20.8 Å². The number of aromatic nitrogens is 1. The number of aromatic amines is 1. The Labute approximate surface area is 145 Å². The van der Waals surface area contributed by atoms with Crippen LogP contribution in [0, 0.1) is 5.92 Å². The van der Waals surface area contributed by atoms with Crippen molar-refractivity contribution in [2.45, 2.75) is 32.1 Å². The minimum atomic E-state index is -0.446. The van der Waals surface area contributed by atoms with E-state index in [2.05, 4.69) is 21.2 Å². The van der Waals surface area contributed by atoms with Crippen LogP contribution in [0.1, 0.15) is 31.2 Å². The third-order valence-electron chi connectivity index (χ3n) is 4.52. The van der Waals surface area contributed by atoms with E-state index in [4.69, 9.17) is 0 Å². The number of hydrogen-bond acceptors (Lipinski definition) is 3. The molecule has 25 heavy (non-hydrogen) atoms. The van der Waals surface area contributed by atoms with E-state index in [0.29, 0.717) is 0 Å². The van der Waals surface area contributed by atoms with Crippen molar-refractivity contribution in [1.29, 1.82) is 0 Å². The summed E-state index contributed by atoms with van der Waals surface area (Å²) in [6.07, 6.45) is 5.83. The van der Waals surface area contributed by atoms with Crippen LogP contribution in [-0.4, -0.2) is 29.3 Å². The Bertz CT molecular complexity index is 777. The Morgan fingerprint density at radius 2 is 1.76 bits per heavy atom. The van der Waals surface area contributed by atoms with Gasteiger partial charge in [0.2, 0.25) is 11.8 Å².